The van der Waals surface area contributed by atoms with Crippen molar-refractivity contribution >= 4 is 29.9 Å². The van der Waals surface area contributed by atoms with Gasteiger partial charge in [-0.3, -0.25) is 5.10 Å². The Balaban J connectivity index is 0.00000261. The summed E-state index contributed by atoms with van der Waals surface area (Å²) in [7, 11) is 0. The summed E-state index contributed by atoms with van der Waals surface area (Å²) in [5, 5.41) is 10.3. The van der Waals surface area contributed by atoms with Crippen LogP contribution in [0.25, 0.3) is 0 Å². The normalized spacial score (nSPS) is 16.3. The van der Waals surface area contributed by atoms with Crippen molar-refractivity contribution in [2.24, 2.45) is 4.99 Å². The molecule has 0 saturated carbocycles. The van der Waals surface area contributed by atoms with E-state index in [1.807, 2.05) is 0 Å². The molecular formula is C18H30IN7O. The SMILES string of the molecule is CCNC(=NCc1ncc(C(C)(C)C)o1)N1CCC(c2ncn[nH]2)CC1.I. The monoisotopic (exact) mass is 487 g/mol. The molecule has 3 rings (SSSR count). The van der Waals surface area contributed by atoms with Gasteiger partial charge in [-0.05, 0) is 19.8 Å². The largest absolute Gasteiger partial charge is 0.443 e. The standard InChI is InChI=1S/C18H29N7O.HI/c1-5-19-17(21-11-15-20-10-14(26-15)18(2,3)4)25-8-6-13(7-9-25)16-22-12-23-24-16;/h10,12-13H,5-9,11H2,1-4H3,(H,19,21)(H,22,23,24);1H. The highest BCUT2D eigenvalue weighted by Gasteiger charge is 2.24. The van der Waals surface area contributed by atoms with Gasteiger partial charge in [0, 0.05) is 31.0 Å². The third-order valence-corrected chi connectivity index (χ3v) is 4.61. The topological polar surface area (TPSA) is 95.2 Å². The zero-order chi connectivity index (χ0) is 18.6. The van der Waals surface area contributed by atoms with E-state index in [4.69, 9.17) is 9.41 Å². The Kier molecular flexibility index (Phi) is 7.63. The first-order chi connectivity index (χ1) is 12.5. The highest BCUT2D eigenvalue weighted by Crippen LogP contribution is 2.25. The number of aromatic nitrogens is 4. The van der Waals surface area contributed by atoms with E-state index in [0.29, 0.717) is 18.4 Å². The van der Waals surface area contributed by atoms with Gasteiger partial charge in [0.2, 0.25) is 5.89 Å². The van der Waals surface area contributed by atoms with Crippen LogP contribution in [0.1, 0.15) is 63.9 Å². The fourth-order valence-electron chi connectivity index (χ4n) is 3.07. The summed E-state index contributed by atoms with van der Waals surface area (Å²) < 4.78 is 5.85. The molecule has 3 heterocycles. The van der Waals surface area contributed by atoms with Crippen LogP contribution in [0.15, 0.2) is 21.9 Å². The summed E-state index contributed by atoms with van der Waals surface area (Å²) in [4.78, 5) is 15.7. The molecule has 2 aromatic heterocycles. The summed E-state index contributed by atoms with van der Waals surface area (Å²) in [6.07, 6.45) is 5.45. The van der Waals surface area contributed by atoms with E-state index < -0.39 is 0 Å². The minimum atomic E-state index is -0.0396. The van der Waals surface area contributed by atoms with Crippen LogP contribution in [0.3, 0.4) is 0 Å². The van der Waals surface area contributed by atoms with Gasteiger partial charge in [0.25, 0.3) is 0 Å². The van der Waals surface area contributed by atoms with Crippen LogP contribution >= 0.6 is 24.0 Å². The number of hydrogen-bond donors (Lipinski definition) is 2. The number of oxazole rings is 1. The molecule has 8 nitrogen and oxygen atoms in total. The van der Waals surface area contributed by atoms with Crippen LogP contribution in [0.2, 0.25) is 0 Å². The zero-order valence-electron chi connectivity index (χ0n) is 16.5. The van der Waals surface area contributed by atoms with Gasteiger partial charge in [-0.25, -0.2) is 15.0 Å². The fraction of sp³-hybridized carbons (Fsp3) is 0.667. The third kappa shape index (κ3) is 5.66. The second-order valence-corrected chi connectivity index (χ2v) is 7.67. The Bertz CT molecular complexity index is 712. The van der Waals surface area contributed by atoms with Crippen LogP contribution in [0, 0.1) is 0 Å². The predicted octanol–water partition coefficient (Wildman–Crippen LogP) is 3.05. The van der Waals surface area contributed by atoms with E-state index in [1.165, 1.54) is 0 Å². The van der Waals surface area contributed by atoms with Crippen molar-refractivity contribution in [3.63, 3.8) is 0 Å². The Hall–Kier alpha value is -1.65. The lowest BCUT2D eigenvalue weighted by molar-refractivity contribution is 0.298. The van der Waals surface area contributed by atoms with Crippen molar-refractivity contribution < 1.29 is 4.42 Å². The number of likely N-dealkylation sites (tertiary alicyclic amines) is 1. The smallest absolute Gasteiger partial charge is 0.216 e. The Morgan fingerprint density at radius 3 is 2.63 bits per heavy atom. The maximum absolute atomic E-state index is 5.85. The maximum atomic E-state index is 5.85. The fourth-order valence-corrected chi connectivity index (χ4v) is 3.07. The Morgan fingerprint density at radius 2 is 2.07 bits per heavy atom. The molecule has 2 aromatic rings. The number of nitrogens with zero attached hydrogens (tertiary/aromatic N) is 5. The molecule has 27 heavy (non-hydrogen) atoms. The third-order valence-electron chi connectivity index (χ3n) is 4.61. The second kappa shape index (κ2) is 9.52. The maximum Gasteiger partial charge on any atom is 0.216 e. The molecule has 1 fully saturated rings. The summed E-state index contributed by atoms with van der Waals surface area (Å²) in [5.74, 6) is 3.89. The number of H-pyrrole nitrogens is 1. The van der Waals surface area contributed by atoms with Gasteiger partial charge in [-0.1, -0.05) is 20.8 Å². The second-order valence-electron chi connectivity index (χ2n) is 7.67. The quantitative estimate of drug-likeness (QED) is 0.391. The van der Waals surface area contributed by atoms with Gasteiger partial charge in [-0.2, -0.15) is 5.10 Å². The van der Waals surface area contributed by atoms with E-state index in [0.717, 1.165) is 50.0 Å². The Morgan fingerprint density at radius 1 is 1.33 bits per heavy atom. The van der Waals surface area contributed by atoms with E-state index in [-0.39, 0.29) is 29.4 Å². The van der Waals surface area contributed by atoms with Crippen LogP contribution in [0.5, 0.6) is 0 Å². The van der Waals surface area contributed by atoms with Gasteiger partial charge < -0.3 is 14.6 Å². The Labute approximate surface area is 177 Å². The van der Waals surface area contributed by atoms with Crippen molar-refractivity contribution in [2.45, 2.75) is 58.4 Å². The van der Waals surface area contributed by atoms with Crippen LogP contribution < -0.4 is 5.32 Å². The van der Waals surface area contributed by atoms with Crippen molar-refractivity contribution in [3.8, 4) is 0 Å². The molecule has 1 aliphatic heterocycles. The predicted molar refractivity (Wildman–Crippen MR) is 115 cm³/mol. The number of aliphatic imine (C=N–C) groups is 1. The lowest BCUT2D eigenvalue weighted by Crippen LogP contribution is -2.45. The van der Waals surface area contributed by atoms with Crippen molar-refractivity contribution in [2.75, 3.05) is 19.6 Å². The number of piperidine rings is 1. The lowest BCUT2D eigenvalue weighted by Gasteiger charge is -2.33. The lowest BCUT2D eigenvalue weighted by atomic mass is 9.94. The molecule has 0 amide bonds. The molecule has 150 valence electrons. The molecule has 2 N–H and O–H groups in total. The van der Waals surface area contributed by atoms with Gasteiger partial charge in [-0.15, -0.1) is 24.0 Å². The summed E-state index contributed by atoms with van der Waals surface area (Å²) in [6.45, 7) is 11.6. The number of aromatic amines is 1. The first-order valence-electron chi connectivity index (χ1n) is 9.31. The van der Waals surface area contributed by atoms with Crippen LogP contribution in [-0.4, -0.2) is 50.7 Å². The van der Waals surface area contributed by atoms with E-state index in [2.05, 4.69) is 58.1 Å². The summed E-state index contributed by atoms with van der Waals surface area (Å²) in [6, 6.07) is 0. The number of hydrogen-bond acceptors (Lipinski definition) is 5. The minimum absolute atomic E-state index is 0. The van der Waals surface area contributed by atoms with Gasteiger partial charge in [0.1, 0.15) is 24.5 Å². The number of nitrogens with one attached hydrogen (secondary N) is 2. The minimum Gasteiger partial charge on any atom is -0.443 e. The van der Waals surface area contributed by atoms with Crippen LogP contribution in [-0.2, 0) is 12.0 Å². The number of halogens is 1. The molecule has 0 spiro atoms. The first-order valence-corrected chi connectivity index (χ1v) is 9.31. The molecule has 0 unspecified atom stereocenters. The molecule has 0 atom stereocenters. The van der Waals surface area contributed by atoms with E-state index in [1.54, 1.807) is 12.5 Å². The summed E-state index contributed by atoms with van der Waals surface area (Å²) in [5.41, 5.74) is -0.0396. The molecular weight excluding hydrogens is 457 g/mol. The average molecular weight is 487 g/mol. The molecule has 1 saturated heterocycles. The van der Waals surface area contributed by atoms with Gasteiger partial charge in [0.05, 0.1) is 6.20 Å². The highest BCUT2D eigenvalue weighted by atomic mass is 127. The molecule has 0 bridgehead atoms. The molecule has 0 aliphatic carbocycles. The average Bonchev–Trinajstić information content (AvgIpc) is 3.30. The van der Waals surface area contributed by atoms with Gasteiger partial charge >= 0.3 is 0 Å². The van der Waals surface area contributed by atoms with Crippen molar-refractivity contribution in [1.29, 1.82) is 0 Å². The van der Waals surface area contributed by atoms with Gasteiger partial charge in [0.15, 0.2) is 5.96 Å². The summed E-state index contributed by atoms with van der Waals surface area (Å²) >= 11 is 0. The van der Waals surface area contributed by atoms with E-state index >= 15 is 0 Å². The first kappa shape index (κ1) is 21.6. The van der Waals surface area contributed by atoms with Crippen LogP contribution in [0.4, 0.5) is 0 Å². The number of guanidine groups is 1. The van der Waals surface area contributed by atoms with E-state index in [9.17, 15) is 0 Å². The number of rotatable bonds is 4. The molecule has 0 radical (unpaired) electrons. The van der Waals surface area contributed by atoms with Crippen molar-refractivity contribution in [3.05, 3.63) is 30.0 Å². The zero-order valence-corrected chi connectivity index (χ0v) is 18.9. The molecule has 9 heteroatoms. The van der Waals surface area contributed by atoms with Crippen molar-refractivity contribution in [1.82, 2.24) is 30.4 Å². The highest BCUT2D eigenvalue weighted by molar-refractivity contribution is 14.0. The molecule has 1 aliphatic rings. The molecule has 0 aromatic carbocycles.